The second kappa shape index (κ2) is 10.00. The molecule has 1 unspecified atom stereocenters. The Morgan fingerprint density at radius 2 is 1.96 bits per heavy atom. The van der Waals surface area contributed by atoms with Gasteiger partial charge in [-0.15, -0.1) is 11.3 Å². The highest BCUT2D eigenvalue weighted by atomic mass is 32.1. The summed E-state index contributed by atoms with van der Waals surface area (Å²) in [5.41, 5.74) is 3.41. The van der Waals surface area contributed by atoms with Gasteiger partial charge in [0.15, 0.2) is 0 Å². The van der Waals surface area contributed by atoms with Crippen molar-refractivity contribution in [3.05, 3.63) is 34.1 Å². The van der Waals surface area contributed by atoms with Crippen molar-refractivity contribution in [2.45, 2.75) is 66.8 Å². The molecule has 0 bridgehead atoms. The minimum absolute atomic E-state index is 0.242. The van der Waals surface area contributed by atoms with E-state index in [0.29, 0.717) is 5.92 Å². The van der Waals surface area contributed by atoms with Crippen molar-refractivity contribution < 1.29 is 5.11 Å². The van der Waals surface area contributed by atoms with E-state index in [2.05, 4.69) is 63.1 Å². The molecule has 5 heteroatoms. The zero-order valence-corrected chi connectivity index (χ0v) is 18.3. The average Bonchev–Trinajstić information content (AvgIpc) is 3.01. The molecule has 0 saturated carbocycles. The third-order valence-electron chi connectivity index (χ3n) is 4.74. The van der Waals surface area contributed by atoms with Crippen LogP contribution in [-0.4, -0.2) is 27.7 Å². The Labute approximate surface area is 167 Å². The SMILES string of the molecule is C/C=C\c1cc(-c2c(C)nc(C)nc2N[C@H](C)CCC(C)CO)sc1CC. The number of rotatable bonds is 9. The summed E-state index contributed by atoms with van der Waals surface area (Å²) in [7, 11) is 0. The van der Waals surface area contributed by atoms with Gasteiger partial charge in [0.25, 0.3) is 0 Å². The van der Waals surface area contributed by atoms with Crippen molar-refractivity contribution in [1.29, 1.82) is 0 Å². The van der Waals surface area contributed by atoms with Gasteiger partial charge in [0.2, 0.25) is 0 Å². The van der Waals surface area contributed by atoms with Crippen molar-refractivity contribution >= 4 is 23.2 Å². The number of aliphatic hydroxyl groups is 1. The highest BCUT2D eigenvalue weighted by Gasteiger charge is 2.18. The highest BCUT2D eigenvalue weighted by molar-refractivity contribution is 7.15. The van der Waals surface area contributed by atoms with Crippen LogP contribution in [0.2, 0.25) is 0 Å². The Balaban J connectivity index is 2.37. The average molecular weight is 388 g/mol. The molecule has 27 heavy (non-hydrogen) atoms. The maximum atomic E-state index is 9.25. The molecule has 0 aliphatic carbocycles. The molecule has 0 saturated heterocycles. The molecule has 148 valence electrons. The molecule has 0 aromatic carbocycles. The van der Waals surface area contributed by atoms with Crippen molar-refractivity contribution in [1.82, 2.24) is 9.97 Å². The van der Waals surface area contributed by atoms with E-state index in [4.69, 9.17) is 4.98 Å². The molecule has 2 aromatic heterocycles. The lowest BCUT2D eigenvalue weighted by Gasteiger charge is -2.19. The largest absolute Gasteiger partial charge is 0.396 e. The number of nitrogens with one attached hydrogen (secondary N) is 1. The van der Waals surface area contributed by atoms with Gasteiger partial charge in [0.1, 0.15) is 11.6 Å². The Kier molecular flexibility index (Phi) is 7.99. The first-order chi connectivity index (χ1) is 12.9. The van der Waals surface area contributed by atoms with Crippen LogP contribution in [0.1, 0.15) is 62.5 Å². The van der Waals surface area contributed by atoms with Crippen LogP contribution in [0.5, 0.6) is 0 Å². The molecule has 0 spiro atoms. The maximum Gasteiger partial charge on any atom is 0.138 e. The van der Waals surface area contributed by atoms with Crippen LogP contribution in [-0.2, 0) is 6.42 Å². The van der Waals surface area contributed by atoms with Gasteiger partial charge in [-0.25, -0.2) is 9.97 Å². The quantitative estimate of drug-likeness (QED) is 0.586. The third-order valence-corrected chi connectivity index (χ3v) is 6.06. The molecule has 0 aliphatic heterocycles. The van der Waals surface area contributed by atoms with Crippen molar-refractivity contribution in [2.24, 2.45) is 5.92 Å². The van der Waals surface area contributed by atoms with Gasteiger partial charge in [-0.2, -0.15) is 0 Å². The number of thiophene rings is 1. The zero-order chi connectivity index (χ0) is 20.0. The molecule has 2 atom stereocenters. The van der Waals surface area contributed by atoms with Gasteiger partial charge in [-0.05, 0) is 64.5 Å². The van der Waals surface area contributed by atoms with Crippen LogP contribution >= 0.6 is 11.3 Å². The fourth-order valence-corrected chi connectivity index (χ4v) is 4.39. The Morgan fingerprint density at radius 3 is 2.59 bits per heavy atom. The first-order valence-corrected chi connectivity index (χ1v) is 10.7. The second-order valence-corrected chi connectivity index (χ2v) is 8.47. The zero-order valence-electron chi connectivity index (χ0n) is 17.5. The predicted molar refractivity (Wildman–Crippen MR) is 117 cm³/mol. The number of aliphatic hydroxyl groups excluding tert-OH is 1. The molecule has 0 aliphatic rings. The van der Waals surface area contributed by atoms with Crippen LogP contribution in [0.15, 0.2) is 12.1 Å². The highest BCUT2D eigenvalue weighted by Crippen LogP contribution is 2.38. The predicted octanol–water partition coefficient (Wildman–Crippen LogP) is 5.63. The van der Waals surface area contributed by atoms with Crippen molar-refractivity contribution in [2.75, 3.05) is 11.9 Å². The number of aromatic nitrogens is 2. The van der Waals surface area contributed by atoms with Crippen LogP contribution in [0, 0.1) is 19.8 Å². The van der Waals surface area contributed by atoms with Crippen LogP contribution < -0.4 is 5.32 Å². The van der Waals surface area contributed by atoms with Gasteiger partial charge >= 0.3 is 0 Å². The minimum Gasteiger partial charge on any atom is -0.396 e. The summed E-state index contributed by atoms with van der Waals surface area (Å²) in [4.78, 5) is 12.0. The monoisotopic (exact) mass is 387 g/mol. The number of anilines is 1. The van der Waals surface area contributed by atoms with Gasteiger partial charge in [-0.3, -0.25) is 0 Å². The topological polar surface area (TPSA) is 58.0 Å². The summed E-state index contributed by atoms with van der Waals surface area (Å²) in [5.74, 6) is 2.03. The third kappa shape index (κ3) is 5.63. The van der Waals surface area contributed by atoms with Gasteiger partial charge < -0.3 is 10.4 Å². The standard InChI is InChI=1S/C22H33N3OS/c1-7-9-18-12-20(27-19(18)8-2)21-16(5)24-17(6)25-22(21)23-15(4)11-10-14(3)13-26/h7,9,12,14-15,26H,8,10-11,13H2,1-6H3,(H,23,24,25)/b9-7-/t14?,15-/m1/s1. The Hall–Kier alpha value is -1.72. The van der Waals surface area contributed by atoms with E-state index < -0.39 is 0 Å². The number of hydrogen-bond donors (Lipinski definition) is 2. The van der Waals surface area contributed by atoms with Gasteiger partial charge in [0.05, 0.1) is 11.3 Å². The smallest absolute Gasteiger partial charge is 0.138 e. The maximum absolute atomic E-state index is 9.25. The normalized spacial score (nSPS) is 13.9. The van der Waals surface area contributed by atoms with Crippen molar-refractivity contribution in [3.8, 4) is 10.4 Å². The first kappa shape index (κ1) is 21.6. The first-order valence-electron chi connectivity index (χ1n) is 9.87. The summed E-state index contributed by atoms with van der Waals surface area (Å²) in [6.07, 6.45) is 7.28. The summed E-state index contributed by atoms with van der Waals surface area (Å²) >= 11 is 1.83. The van der Waals surface area contributed by atoms with Crippen LogP contribution in [0.3, 0.4) is 0 Å². The van der Waals surface area contributed by atoms with E-state index >= 15 is 0 Å². The summed E-state index contributed by atoms with van der Waals surface area (Å²) in [6, 6.07) is 2.54. The molecule has 0 fully saturated rings. The summed E-state index contributed by atoms with van der Waals surface area (Å²) in [5, 5.41) is 12.9. The van der Waals surface area contributed by atoms with E-state index in [0.717, 1.165) is 42.2 Å². The van der Waals surface area contributed by atoms with E-state index in [1.807, 2.05) is 18.3 Å². The number of aryl methyl sites for hydroxylation is 3. The molecular weight excluding hydrogens is 354 g/mol. The fourth-order valence-electron chi connectivity index (χ4n) is 3.21. The lowest BCUT2D eigenvalue weighted by Crippen LogP contribution is -2.19. The molecule has 0 radical (unpaired) electrons. The van der Waals surface area contributed by atoms with E-state index in [1.165, 1.54) is 15.3 Å². The fraction of sp³-hybridized carbons (Fsp3) is 0.545. The lowest BCUT2D eigenvalue weighted by atomic mass is 10.0. The molecular formula is C22H33N3OS. The summed E-state index contributed by atoms with van der Waals surface area (Å²) in [6.45, 7) is 12.8. The number of nitrogens with zero attached hydrogens (tertiary/aromatic N) is 2. The van der Waals surface area contributed by atoms with E-state index in [9.17, 15) is 5.11 Å². The molecule has 2 N–H and O–H groups in total. The molecule has 2 rings (SSSR count). The molecule has 4 nitrogen and oxygen atoms in total. The van der Waals surface area contributed by atoms with Crippen LogP contribution in [0.25, 0.3) is 16.5 Å². The van der Waals surface area contributed by atoms with E-state index in [1.54, 1.807) is 0 Å². The summed E-state index contributed by atoms with van der Waals surface area (Å²) < 4.78 is 0. The Morgan fingerprint density at radius 1 is 1.22 bits per heavy atom. The van der Waals surface area contributed by atoms with Crippen molar-refractivity contribution in [3.63, 3.8) is 0 Å². The molecule has 0 amide bonds. The number of hydrogen-bond acceptors (Lipinski definition) is 5. The Bertz CT molecular complexity index is 782. The second-order valence-electron chi connectivity index (χ2n) is 7.33. The van der Waals surface area contributed by atoms with E-state index in [-0.39, 0.29) is 12.6 Å². The van der Waals surface area contributed by atoms with Gasteiger partial charge in [0, 0.05) is 22.4 Å². The van der Waals surface area contributed by atoms with Gasteiger partial charge in [-0.1, -0.05) is 26.0 Å². The van der Waals surface area contributed by atoms with Crippen LogP contribution in [0.4, 0.5) is 5.82 Å². The molecule has 2 heterocycles. The lowest BCUT2D eigenvalue weighted by molar-refractivity contribution is 0.227. The number of allylic oxidation sites excluding steroid dienone is 1. The minimum atomic E-state index is 0.242. The molecule has 2 aromatic rings.